The summed E-state index contributed by atoms with van der Waals surface area (Å²) in [5.74, 6) is 1.21. The molecule has 0 fully saturated rings. The van der Waals surface area contributed by atoms with E-state index < -0.39 is 0 Å². The Morgan fingerprint density at radius 2 is 2.07 bits per heavy atom. The van der Waals surface area contributed by atoms with Gasteiger partial charge >= 0.3 is 0 Å². The third kappa shape index (κ3) is 5.51. The molecule has 0 aliphatic heterocycles. The minimum atomic E-state index is -0.0757. The third-order valence-corrected chi connectivity index (χ3v) is 4.71. The van der Waals surface area contributed by atoms with Crippen LogP contribution in [0.3, 0.4) is 0 Å². The third-order valence-electron chi connectivity index (χ3n) is 4.40. The van der Waals surface area contributed by atoms with Crippen LogP contribution in [0.2, 0.25) is 0 Å². The number of hydrogen-bond acceptors (Lipinski definition) is 5. The summed E-state index contributed by atoms with van der Waals surface area (Å²) >= 11 is 5.34. The van der Waals surface area contributed by atoms with Crippen LogP contribution in [0.5, 0.6) is 5.88 Å². The standard InChI is InChI=1S/C21H25N5O2S/c1-3-13-28-20-17(5-4-11-22-20)14-23-18(27)10-12-26-19(24-25-21(26)29)16-8-6-15(2)7-9-16/h4-9,11H,3,10,12-14H2,1-2H3,(H,23,27)(H,25,29). The van der Waals surface area contributed by atoms with E-state index in [1.165, 1.54) is 5.56 Å². The largest absolute Gasteiger partial charge is 0.477 e. The molecule has 0 saturated heterocycles. The molecular formula is C21H25N5O2S. The van der Waals surface area contributed by atoms with E-state index in [1.54, 1.807) is 6.20 Å². The van der Waals surface area contributed by atoms with Gasteiger partial charge < -0.3 is 10.1 Å². The van der Waals surface area contributed by atoms with Crippen molar-refractivity contribution in [3.8, 4) is 17.3 Å². The smallest absolute Gasteiger partial charge is 0.222 e. The molecule has 2 aromatic heterocycles. The Hall–Kier alpha value is -3.00. The maximum Gasteiger partial charge on any atom is 0.222 e. The van der Waals surface area contributed by atoms with E-state index in [4.69, 9.17) is 17.0 Å². The molecule has 29 heavy (non-hydrogen) atoms. The first-order valence-electron chi connectivity index (χ1n) is 9.64. The van der Waals surface area contributed by atoms with Gasteiger partial charge in [0.05, 0.1) is 6.61 Å². The molecule has 1 aromatic carbocycles. The van der Waals surface area contributed by atoms with Crippen molar-refractivity contribution in [1.82, 2.24) is 25.1 Å². The number of nitrogens with zero attached hydrogens (tertiary/aromatic N) is 3. The van der Waals surface area contributed by atoms with Gasteiger partial charge in [0.2, 0.25) is 11.8 Å². The van der Waals surface area contributed by atoms with Gasteiger partial charge in [-0.1, -0.05) is 42.8 Å². The summed E-state index contributed by atoms with van der Waals surface area (Å²) in [4.78, 5) is 16.6. The molecule has 3 aromatic rings. The number of aromatic amines is 1. The van der Waals surface area contributed by atoms with Gasteiger partial charge in [0.25, 0.3) is 0 Å². The molecule has 2 N–H and O–H groups in total. The average Bonchev–Trinajstić information content (AvgIpc) is 3.10. The fraction of sp³-hybridized carbons (Fsp3) is 0.333. The molecule has 3 rings (SSSR count). The number of hydrogen-bond donors (Lipinski definition) is 2. The van der Waals surface area contributed by atoms with E-state index in [-0.39, 0.29) is 12.3 Å². The molecule has 0 atom stereocenters. The molecule has 1 amide bonds. The molecule has 8 heteroatoms. The Labute approximate surface area is 175 Å². The molecule has 0 radical (unpaired) electrons. The summed E-state index contributed by atoms with van der Waals surface area (Å²) in [5, 5.41) is 10.1. The Kier molecular flexibility index (Phi) is 7.13. The number of aryl methyl sites for hydroxylation is 1. The number of carbonyl (C=O) groups excluding carboxylic acids is 1. The van der Waals surface area contributed by atoms with Gasteiger partial charge in [-0.05, 0) is 31.6 Å². The fourth-order valence-corrected chi connectivity index (χ4v) is 3.05. The second-order valence-corrected chi connectivity index (χ2v) is 7.10. The van der Waals surface area contributed by atoms with Crippen LogP contribution in [0.15, 0.2) is 42.6 Å². The average molecular weight is 412 g/mol. The number of amides is 1. The molecule has 0 unspecified atom stereocenters. The highest BCUT2D eigenvalue weighted by Crippen LogP contribution is 2.18. The molecule has 0 aliphatic rings. The van der Waals surface area contributed by atoms with Crippen molar-refractivity contribution < 1.29 is 9.53 Å². The van der Waals surface area contributed by atoms with Crippen molar-refractivity contribution in [2.45, 2.75) is 39.8 Å². The lowest BCUT2D eigenvalue weighted by Crippen LogP contribution is -2.24. The number of aromatic nitrogens is 4. The van der Waals surface area contributed by atoms with Crippen molar-refractivity contribution in [1.29, 1.82) is 0 Å². The number of rotatable bonds is 9. The van der Waals surface area contributed by atoms with Gasteiger partial charge in [0, 0.05) is 36.8 Å². The highest BCUT2D eigenvalue weighted by molar-refractivity contribution is 7.71. The fourth-order valence-electron chi connectivity index (χ4n) is 2.83. The van der Waals surface area contributed by atoms with Crippen LogP contribution in [0, 0.1) is 11.7 Å². The van der Waals surface area contributed by atoms with Crippen LogP contribution in [0.1, 0.15) is 30.9 Å². The highest BCUT2D eigenvalue weighted by Gasteiger charge is 2.11. The lowest BCUT2D eigenvalue weighted by atomic mass is 10.1. The number of nitrogens with one attached hydrogen (secondary N) is 2. The van der Waals surface area contributed by atoms with Gasteiger partial charge in [-0.2, -0.15) is 5.10 Å². The minimum absolute atomic E-state index is 0.0757. The van der Waals surface area contributed by atoms with Crippen LogP contribution in [0.4, 0.5) is 0 Å². The van der Waals surface area contributed by atoms with E-state index >= 15 is 0 Å². The van der Waals surface area contributed by atoms with Crippen molar-refractivity contribution in [2.75, 3.05) is 6.61 Å². The molecular weight excluding hydrogens is 386 g/mol. The number of carbonyl (C=O) groups is 1. The maximum atomic E-state index is 12.4. The lowest BCUT2D eigenvalue weighted by molar-refractivity contribution is -0.121. The van der Waals surface area contributed by atoms with Gasteiger partial charge in [0.1, 0.15) is 0 Å². The van der Waals surface area contributed by atoms with E-state index in [0.717, 1.165) is 23.4 Å². The first-order chi connectivity index (χ1) is 14.1. The molecule has 0 aliphatic carbocycles. The molecule has 2 heterocycles. The Morgan fingerprint density at radius 3 is 2.83 bits per heavy atom. The molecule has 0 bridgehead atoms. The molecule has 0 saturated carbocycles. The van der Waals surface area contributed by atoms with E-state index in [9.17, 15) is 4.79 Å². The minimum Gasteiger partial charge on any atom is -0.477 e. The first-order valence-corrected chi connectivity index (χ1v) is 10.0. The van der Waals surface area contributed by atoms with Crippen LogP contribution in [-0.2, 0) is 17.9 Å². The van der Waals surface area contributed by atoms with Crippen LogP contribution < -0.4 is 10.1 Å². The summed E-state index contributed by atoms with van der Waals surface area (Å²) in [6.07, 6.45) is 2.87. The van der Waals surface area contributed by atoms with E-state index in [2.05, 4.69) is 20.5 Å². The van der Waals surface area contributed by atoms with Crippen molar-refractivity contribution in [2.24, 2.45) is 0 Å². The Balaban J connectivity index is 1.60. The predicted octanol–water partition coefficient (Wildman–Crippen LogP) is 3.81. The quantitative estimate of drug-likeness (QED) is 0.523. The van der Waals surface area contributed by atoms with Crippen molar-refractivity contribution in [3.63, 3.8) is 0 Å². The Bertz CT molecular complexity index is 1010. The number of ether oxygens (including phenoxy) is 1. The van der Waals surface area contributed by atoms with E-state index in [0.29, 0.717) is 30.3 Å². The maximum absolute atomic E-state index is 12.4. The SMILES string of the molecule is CCCOc1ncccc1CNC(=O)CCn1c(-c2ccc(C)cc2)n[nH]c1=S. The molecule has 7 nitrogen and oxygen atoms in total. The lowest BCUT2D eigenvalue weighted by Gasteiger charge is -2.11. The zero-order valence-electron chi connectivity index (χ0n) is 16.6. The number of pyridine rings is 1. The predicted molar refractivity (Wildman–Crippen MR) is 114 cm³/mol. The second kappa shape index (κ2) is 9.97. The summed E-state index contributed by atoms with van der Waals surface area (Å²) in [6, 6.07) is 11.8. The van der Waals surface area contributed by atoms with Gasteiger partial charge in [0.15, 0.2) is 10.6 Å². The zero-order chi connectivity index (χ0) is 20.6. The zero-order valence-corrected chi connectivity index (χ0v) is 17.5. The summed E-state index contributed by atoms with van der Waals surface area (Å²) in [7, 11) is 0. The Morgan fingerprint density at radius 1 is 1.28 bits per heavy atom. The van der Waals surface area contributed by atoms with Crippen LogP contribution in [0.25, 0.3) is 11.4 Å². The monoisotopic (exact) mass is 411 g/mol. The van der Waals surface area contributed by atoms with Crippen molar-refractivity contribution >= 4 is 18.1 Å². The van der Waals surface area contributed by atoms with Gasteiger partial charge in [-0.25, -0.2) is 4.98 Å². The second-order valence-electron chi connectivity index (χ2n) is 6.71. The topological polar surface area (TPSA) is 84.8 Å². The van der Waals surface area contributed by atoms with E-state index in [1.807, 2.05) is 54.8 Å². The summed E-state index contributed by atoms with van der Waals surface area (Å²) in [5.41, 5.74) is 2.98. The van der Waals surface area contributed by atoms with Gasteiger partial charge in [-0.3, -0.25) is 14.5 Å². The highest BCUT2D eigenvalue weighted by atomic mass is 32.1. The number of H-pyrrole nitrogens is 1. The first kappa shape index (κ1) is 20.7. The summed E-state index contributed by atoms with van der Waals surface area (Å²) in [6.45, 7) is 5.48. The van der Waals surface area contributed by atoms with Crippen LogP contribution in [-0.4, -0.2) is 32.3 Å². The van der Waals surface area contributed by atoms with Crippen molar-refractivity contribution in [3.05, 3.63) is 58.5 Å². The molecule has 0 spiro atoms. The molecule has 152 valence electrons. The van der Waals surface area contributed by atoms with Gasteiger partial charge in [-0.15, -0.1) is 0 Å². The normalized spacial score (nSPS) is 10.7. The van der Waals surface area contributed by atoms with Crippen LogP contribution >= 0.6 is 12.2 Å². The summed E-state index contributed by atoms with van der Waals surface area (Å²) < 4.78 is 7.98. The number of benzene rings is 1.